The Hall–Kier alpha value is -2.58. The maximum atomic E-state index is 13.0. The third-order valence-electron chi connectivity index (χ3n) is 4.38. The van der Waals surface area contributed by atoms with Crippen LogP contribution in [-0.2, 0) is 4.79 Å². The van der Waals surface area contributed by atoms with Crippen LogP contribution >= 0.6 is 47.0 Å². The molecule has 166 valence electrons. The molecule has 3 aromatic rings. The van der Waals surface area contributed by atoms with Crippen molar-refractivity contribution in [2.75, 3.05) is 10.6 Å². The van der Waals surface area contributed by atoms with Gasteiger partial charge < -0.3 is 21.3 Å². The molecule has 0 aromatic heterocycles. The minimum atomic E-state index is -1.89. The second kappa shape index (κ2) is 10.4. The number of fused-ring (bicyclic) bond motifs is 1. The smallest absolute Gasteiger partial charge is 0.253 e. The van der Waals surface area contributed by atoms with Crippen LogP contribution < -0.4 is 21.3 Å². The zero-order valence-corrected chi connectivity index (χ0v) is 19.9. The first-order chi connectivity index (χ1) is 15.1. The molecule has 3 aromatic carbocycles. The van der Waals surface area contributed by atoms with Crippen LogP contribution in [0.5, 0.6) is 0 Å². The second-order valence-electron chi connectivity index (χ2n) is 6.83. The van der Waals surface area contributed by atoms with Gasteiger partial charge in [-0.05, 0) is 53.3 Å². The zero-order valence-electron chi connectivity index (χ0n) is 16.8. The van der Waals surface area contributed by atoms with E-state index >= 15 is 0 Å². The fourth-order valence-electron chi connectivity index (χ4n) is 2.97. The van der Waals surface area contributed by atoms with E-state index in [2.05, 4.69) is 21.3 Å². The lowest BCUT2D eigenvalue weighted by Gasteiger charge is -2.28. The summed E-state index contributed by atoms with van der Waals surface area (Å²) < 4.78 is -1.89. The van der Waals surface area contributed by atoms with Crippen molar-refractivity contribution in [3.63, 3.8) is 0 Å². The summed E-state index contributed by atoms with van der Waals surface area (Å²) in [5.41, 5.74) is 1.72. The van der Waals surface area contributed by atoms with Gasteiger partial charge >= 0.3 is 0 Å². The van der Waals surface area contributed by atoms with Crippen LogP contribution in [0.2, 0.25) is 0 Å². The molecule has 0 radical (unpaired) electrons. The van der Waals surface area contributed by atoms with E-state index in [9.17, 15) is 9.59 Å². The molecule has 0 spiro atoms. The maximum Gasteiger partial charge on any atom is 0.253 e. The number of halogens is 3. The van der Waals surface area contributed by atoms with Gasteiger partial charge in [0.05, 0.1) is 0 Å². The number of hydrogen-bond acceptors (Lipinski definition) is 3. The Morgan fingerprint density at radius 2 is 1.44 bits per heavy atom. The van der Waals surface area contributed by atoms with Crippen molar-refractivity contribution in [3.05, 3.63) is 72.3 Å². The van der Waals surface area contributed by atoms with E-state index < -0.39 is 15.9 Å². The molecule has 1 atom stereocenters. The Kier molecular flexibility index (Phi) is 7.79. The van der Waals surface area contributed by atoms with E-state index in [0.717, 1.165) is 10.8 Å². The van der Waals surface area contributed by atoms with Gasteiger partial charge in [0.15, 0.2) is 5.11 Å². The van der Waals surface area contributed by atoms with Crippen LogP contribution in [0.4, 0.5) is 11.4 Å². The minimum absolute atomic E-state index is 0.131. The van der Waals surface area contributed by atoms with Crippen LogP contribution in [0.1, 0.15) is 17.3 Å². The third kappa shape index (κ3) is 6.46. The number of amides is 2. The average molecular weight is 510 g/mol. The largest absolute Gasteiger partial charge is 0.339 e. The summed E-state index contributed by atoms with van der Waals surface area (Å²) in [6.07, 6.45) is -1.11. The molecule has 4 N–H and O–H groups in total. The average Bonchev–Trinajstić information content (AvgIpc) is 2.73. The molecule has 0 aliphatic rings. The van der Waals surface area contributed by atoms with Crippen LogP contribution in [0, 0.1) is 0 Å². The minimum Gasteiger partial charge on any atom is -0.339 e. The van der Waals surface area contributed by atoms with Gasteiger partial charge in [0.1, 0.15) is 6.17 Å². The Morgan fingerprint density at radius 3 is 2.06 bits per heavy atom. The van der Waals surface area contributed by atoms with Gasteiger partial charge in [-0.2, -0.15) is 0 Å². The maximum absolute atomic E-state index is 13.0. The molecular formula is C22H19Cl3N4O2S. The Labute approximate surface area is 205 Å². The molecular weight excluding hydrogens is 491 g/mol. The van der Waals surface area contributed by atoms with Crippen LogP contribution in [0.25, 0.3) is 10.8 Å². The number of anilines is 2. The number of hydrogen-bond donors (Lipinski definition) is 4. The standard InChI is InChI=1S/C22H19Cl3N4O2S/c1-13(30)26-15-9-11-16(12-10-15)27-21(32)29-20(22(23,24)25)28-19(31)18-8-4-6-14-5-2-3-7-17(14)18/h2-12,20H,1H3,(H,26,30)(H,28,31)(H2,27,29,32)/t20-/m0/s1. The van der Waals surface area contributed by atoms with Crippen LogP contribution in [0.15, 0.2) is 66.7 Å². The highest BCUT2D eigenvalue weighted by molar-refractivity contribution is 7.80. The summed E-state index contributed by atoms with van der Waals surface area (Å²) in [5, 5.41) is 13.0. The summed E-state index contributed by atoms with van der Waals surface area (Å²) >= 11 is 23.6. The molecule has 0 bridgehead atoms. The van der Waals surface area contributed by atoms with Gasteiger partial charge in [0.25, 0.3) is 5.91 Å². The lowest BCUT2D eigenvalue weighted by molar-refractivity contribution is -0.114. The highest BCUT2D eigenvalue weighted by Gasteiger charge is 2.35. The SMILES string of the molecule is CC(=O)Nc1ccc(NC(=S)N[C@H](NC(=O)c2cccc3ccccc23)C(Cl)(Cl)Cl)cc1. The molecule has 3 rings (SSSR count). The van der Waals surface area contributed by atoms with Crippen molar-refractivity contribution < 1.29 is 9.59 Å². The van der Waals surface area contributed by atoms with Gasteiger partial charge in [-0.3, -0.25) is 9.59 Å². The molecule has 0 fully saturated rings. The molecule has 2 amide bonds. The first kappa shape index (κ1) is 24.1. The molecule has 6 nitrogen and oxygen atoms in total. The normalized spacial score (nSPS) is 12.0. The number of alkyl halides is 3. The number of carbonyl (C=O) groups excluding carboxylic acids is 2. The monoisotopic (exact) mass is 508 g/mol. The van der Waals surface area contributed by atoms with E-state index in [1.54, 1.807) is 36.4 Å². The van der Waals surface area contributed by atoms with Crippen LogP contribution in [0.3, 0.4) is 0 Å². The van der Waals surface area contributed by atoms with Gasteiger partial charge in [0.2, 0.25) is 9.70 Å². The van der Waals surface area contributed by atoms with Crippen molar-refractivity contribution in [1.82, 2.24) is 10.6 Å². The summed E-state index contributed by atoms with van der Waals surface area (Å²) in [6.45, 7) is 1.43. The first-order valence-corrected chi connectivity index (χ1v) is 11.0. The topological polar surface area (TPSA) is 82.3 Å². The van der Waals surface area contributed by atoms with Gasteiger partial charge in [-0.25, -0.2) is 0 Å². The fourth-order valence-corrected chi connectivity index (χ4v) is 3.53. The molecule has 10 heteroatoms. The van der Waals surface area contributed by atoms with Gasteiger partial charge in [-0.15, -0.1) is 0 Å². The predicted octanol–water partition coefficient (Wildman–Crippen LogP) is 5.21. The molecule has 32 heavy (non-hydrogen) atoms. The molecule has 0 aliphatic heterocycles. The van der Waals surface area contributed by atoms with Crippen molar-refractivity contribution in [2.45, 2.75) is 16.9 Å². The summed E-state index contributed by atoms with van der Waals surface area (Å²) in [7, 11) is 0. The van der Waals surface area contributed by atoms with Crippen molar-refractivity contribution in [3.8, 4) is 0 Å². The van der Waals surface area contributed by atoms with E-state index in [1.165, 1.54) is 6.92 Å². The number of thiocarbonyl (C=S) groups is 1. The highest BCUT2D eigenvalue weighted by atomic mass is 35.6. The summed E-state index contributed by atoms with van der Waals surface area (Å²) in [5.74, 6) is -0.594. The van der Waals surface area contributed by atoms with E-state index in [-0.39, 0.29) is 11.0 Å². The molecule has 0 saturated heterocycles. The quantitative estimate of drug-likeness (QED) is 0.216. The van der Waals surface area contributed by atoms with E-state index in [1.807, 2.05) is 30.3 Å². The van der Waals surface area contributed by atoms with E-state index in [4.69, 9.17) is 47.0 Å². The highest BCUT2D eigenvalue weighted by Crippen LogP contribution is 2.30. The van der Waals surface area contributed by atoms with Crippen molar-refractivity contribution >= 4 is 86.1 Å². The number of benzene rings is 3. The first-order valence-electron chi connectivity index (χ1n) is 9.44. The van der Waals surface area contributed by atoms with Gasteiger partial charge in [-0.1, -0.05) is 71.2 Å². The number of carbonyl (C=O) groups is 2. The lowest BCUT2D eigenvalue weighted by atomic mass is 10.0. The van der Waals surface area contributed by atoms with Crippen LogP contribution in [-0.4, -0.2) is 26.9 Å². The number of rotatable bonds is 5. The molecule has 0 heterocycles. The Bertz CT molecular complexity index is 1140. The second-order valence-corrected chi connectivity index (χ2v) is 9.61. The van der Waals surface area contributed by atoms with Crippen molar-refractivity contribution in [2.24, 2.45) is 0 Å². The molecule has 0 unspecified atom stereocenters. The lowest BCUT2D eigenvalue weighted by Crippen LogP contribution is -2.56. The van der Waals surface area contributed by atoms with Gasteiger partial charge in [0, 0.05) is 23.9 Å². The zero-order chi connectivity index (χ0) is 23.3. The third-order valence-corrected chi connectivity index (χ3v) is 5.25. The predicted molar refractivity (Wildman–Crippen MR) is 136 cm³/mol. The Balaban J connectivity index is 1.70. The number of nitrogens with one attached hydrogen (secondary N) is 4. The van der Waals surface area contributed by atoms with Crippen molar-refractivity contribution in [1.29, 1.82) is 0 Å². The Morgan fingerprint density at radius 1 is 0.844 bits per heavy atom. The van der Waals surface area contributed by atoms with E-state index in [0.29, 0.717) is 16.9 Å². The molecule has 0 aliphatic carbocycles. The molecule has 0 saturated carbocycles. The summed E-state index contributed by atoms with van der Waals surface area (Å²) in [6, 6.07) is 19.7. The fraction of sp³-hybridized carbons (Fsp3) is 0.136. The summed E-state index contributed by atoms with van der Waals surface area (Å²) in [4.78, 5) is 24.1.